The fourth-order valence-electron chi connectivity index (χ4n) is 1.71. The molecule has 0 saturated heterocycles. The number of amides is 1. The number of carbonyl (C=O) groups is 1. The van der Waals surface area contributed by atoms with Gasteiger partial charge < -0.3 is 5.32 Å². The molecule has 1 N–H and O–H groups in total. The van der Waals surface area contributed by atoms with Crippen LogP contribution in [0.25, 0.3) is 0 Å². The van der Waals surface area contributed by atoms with Crippen molar-refractivity contribution in [3.05, 3.63) is 38.0 Å². The number of nitrogens with zero attached hydrogens (tertiary/aromatic N) is 1. The van der Waals surface area contributed by atoms with E-state index in [2.05, 4.69) is 28.7 Å². The van der Waals surface area contributed by atoms with Crippen LogP contribution in [0, 0.1) is 0 Å². The number of hydrogen-bond acceptors (Lipinski definition) is 4. The van der Waals surface area contributed by atoms with Gasteiger partial charge in [-0.05, 0) is 23.4 Å². The number of thiazole rings is 1. The van der Waals surface area contributed by atoms with Gasteiger partial charge in [0.15, 0.2) is 0 Å². The van der Waals surface area contributed by atoms with Crippen molar-refractivity contribution in [2.45, 2.75) is 32.2 Å². The normalized spacial score (nSPS) is 10.6. The molecule has 0 atom stereocenters. The largest absolute Gasteiger partial charge is 0.351 e. The summed E-state index contributed by atoms with van der Waals surface area (Å²) in [6, 6.07) is 2.11. The maximum Gasteiger partial charge on any atom is 0.227 e. The smallest absolute Gasteiger partial charge is 0.227 e. The van der Waals surface area contributed by atoms with E-state index in [0.29, 0.717) is 18.8 Å². The Morgan fingerprint density at radius 2 is 2.32 bits per heavy atom. The third kappa shape index (κ3) is 4.03. The Bertz CT molecular complexity index is 550. The molecule has 19 heavy (non-hydrogen) atoms. The Kier molecular flexibility index (Phi) is 5.36. The molecular formula is C13H15ClN2OS2. The lowest BCUT2D eigenvalue weighted by atomic mass is 10.2. The summed E-state index contributed by atoms with van der Waals surface area (Å²) < 4.78 is 0. The van der Waals surface area contributed by atoms with Gasteiger partial charge in [0, 0.05) is 10.3 Å². The number of nitrogens with one attached hydrogen (secondary N) is 1. The quantitative estimate of drug-likeness (QED) is 0.831. The van der Waals surface area contributed by atoms with E-state index in [1.807, 2.05) is 5.38 Å². The van der Waals surface area contributed by atoms with Crippen molar-refractivity contribution in [2.24, 2.45) is 0 Å². The molecule has 2 rings (SSSR count). The molecule has 1 amide bonds. The van der Waals surface area contributed by atoms with Crippen molar-refractivity contribution in [3.63, 3.8) is 0 Å². The number of halogens is 1. The summed E-state index contributed by atoms with van der Waals surface area (Å²) in [6.07, 6.45) is 1.33. The van der Waals surface area contributed by atoms with Crippen LogP contribution in [0.1, 0.15) is 28.1 Å². The van der Waals surface area contributed by atoms with E-state index in [9.17, 15) is 4.79 Å². The molecule has 102 valence electrons. The lowest BCUT2D eigenvalue weighted by Gasteiger charge is -2.04. The van der Waals surface area contributed by atoms with E-state index in [4.69, 9.17) is 11.6 Å². The molecule has 0 unspecified atom stereocenters. The SMILES string of the molecule is CCc1ccsc1CNC(=O)Cc1nc(CCl)cs1. The monoisotopic (exact) mass is 314 g/mol. The molecule has 0 aromatic carbocycles. The van der Waals surface area contributed by atoms with E-state index in [-0.39, 0.29) is 5.91 Å². The highest BCUT2D eigenvalue weighted by Crippen LogP contribution is 2.17. The minimum atomic E-state index is 0.00549. The van der Waals surface area contributed by atoms with Crippen LogP contribution in [0.2, 0.25) is 0 Å². The Morgan fingerprint density at radius 3 is 3.00 bits per heavy atom. The van der Waals surface area contributed by atoms with Crippen LogP contribution in [0.4, 0.5) is 0 Å². The molecule has 0 aliphatic heterocycles. The third-order valence-corrected chi connectivity index (χ3v) is 4.85. The van der Waals surface area contributed by atoms with Crippen LogP contribution in [-0.4, -0.2) is 10.9 Å². The van der Waals surface area contributed by atoms with Gasteiger partial charge in [-0.1, -0.05) is 6.92 Å². The fourth-order valence-corrected chi connectivity index (χ4v) is 3.64. The summed E-state index contributed by atoms with van der Waals surface area (Å²) in [4.78, 5) is 17.3. The first-order valence-corrected chi connectivity index (χ1v) is 8.33. The molecule has 2 aromatic rings. The zero-order valence-electron chi connectivity index (χ0n) is 10.6. The molecule has 0 fully saturated rings. The first-order valence-electron chi connectivity index (χ1n) is 6.04. The first-order chi connectivity index (χ1) is 9.22. The second kappa shape index (κ2) is 7.03. The predicted octanol–water partition coefficient (Wildman–Crippen LogP) is 3.36. The van der Waals surface area contributed by atoms with Crippen molar-refractivity contribution in [1.82, 2.24) is 10.3 Å². The molecule has 2 heterocycles. The summed E-state index contributed by atoms with van der Waals surface area (Å²) in [5.41, 5.74) is 2.14. The average Bonchev–Trinajstić information content (AvgIpc) is 3.04. The van der Waals surface area contributed by atoms with Crippen molar-refractivity contribution < 1.29 is 4.79 Å². The van der Waals surface area contributed by atoms with Gasteiger partial charge in [-0.2, -0.15) is 0 Å². The minimum absolute atomic E-state index is 0.00549. The van der Waals surface area contributed by atoms with Crippen LogP contribution in [0.3, 0.4) is 0 Å². The third-order valence-electron chi connectivity index (χ3n) is 2.71. The molecule has 0 bridgehead atoms. The molecular weight excluding hydrogens is 300 g/mol. The summed E-state index contributed by atoms with van der Waals surface area (Å²) in [5.74, 6) is 0.401. The van der Waals surface area contributed by atoms with Gasteiger partial charge in [0.1, 0.15) is 5.01 Å². The lowest BCUT2D eigenvalue weighted by molar-refractivity contribution is -0.120. The van der Waals surface area contributed by atoms with Gasteiger partial charge in [-0.3, -0.25) is 4.79 Å². The minimum Gasteiger partial charge on any atom is -0.351 e. The van der Waals surface area contributed by atoms with Crippen molar-refractivity contribution in [1.29, 1.82) is 0 Å². The molecule has 0 spiro atoms. The highest BCUT2D eigenvalue weighted by Gasteiger charge is 2.09. The van der Waals surface area contributed by atoms with E-state index in [1.165, 1.54) is 21.8 Å². The number of aromatic nitrogens is 1. The number of carbonyl (C=O) groups excluding carboxylic acids is 1. The van der Waals surface area contributed by atoms with E-state index in [1.54, 1.807) is 11.3 Å². The molecule has 2 aromatic heterocycles. The number of thiophene rings is 1. The Hall–Kier alpha value is -0.910. The topological polar surface area (TPSA) is 42.0 Å². The highest BCUT2D eigenvalue weighted by atomic mass is 35.5. The Labute approximate surface area is 125 Å². The molecule has 0 aliphatic carbocycles. The average molecular weight is 315 g/mol. The zero-order chi connectivity index (χ0) is 13.7. The van der Waals surface area contributed by atoms with Crippen molar-refractivity contribution in [2.75, 3.05) is 0 Å². The van der Waals surface area contributed by atoms with Crippen LogP contribution in [0.15, 0.2) is 16.8 Å². The van der Waals surface area contributed by atoms with E-state index in [0.717, 1.165) is 17.1 Å². The van der Waals surface area contributed by atoms with Crippen LogP contribution < -0.4 is 5.32 Å². The molecule has 6 heteroatoms. The van der Waals surface area contributed by atoms with E-state index >= 15 is 0 Å². The number of aryl methyl sites for hydroxylation is 1. The second-order valence-corrected chi connectivity index (χ2v) is 6.25. The van der Waals surface area contributed by atoms with Gasteiger partial charge >= 0.3 is 0 Å². The summed E-state index contributed by atoms with van der Waals surface area (Å²) in [6.45, 7) is 2.73. The summed E-state index contributed by atoms with van der Waals surface area (Å²) in [7, 11) is 0. The summed E-state index contributed by atoms with van der Waals surface area (Å²) >= 11 is 8.85. The van der Waals surface area contributed by atoms with Gasteiger partial charge in [0.25, 0.3) is 0 Å². The van der Waals surface area contributed by atoms with Crippen LogP contribution >= 0.6 is 34.3 Å². The second-order valence-electron chi connectivity index (χ2n) is 4.04. The molecule has 0 radical (unpaired) electrons. The zero-order valence-corrected chi connectivity index (χ0v) is 13.0. The Balaban J connectivity index is 1.84. The fraction of sp³-hybridized carbons (Fsp3) is 0.385. The van der Waals surface area contributed by atoms with Gasteiger partial charge in [0.2, 0.25) is 5.91 Å². The summed E-state index contributed by atoms with van der Waals surface area (Å²) in [5, 5.41) is 7.71. The highest BCUT2D eigenvalue weighted by molar-refractivity contribution is 7.10. The maximum absolute atomic E-state index is 11.8. The number of alkyl halides is 1. The molecule has 0 saturated carbocycles. The van der Waals surface area contributed by atoms with E-state index < -0.39 is 0 Å². The van der Waals surface area contributed by atoms with Crippen molar-refractivity contribution >= 4 is 40.2 Å². The molecule has 0 aliphatic rings. The van der Waals surface area contributed by atoms with Crippen molar-refractivity contribution in [3.8, 4) is 0 Å². The predicted molar refractivity (Wildman–Crippen MR) is 80.9 cm³/mol. The van der Waals surface area contributed by atoms with Crippen LogP contribution in [0.5, 0.6) is 0 Å². The van der Waals surface area contributed by atoms with Gasteiger partial charge in [0.05, 0.1) is 24.5 Å². The number of rotatable bonds is 6. The maximum atomic E-state index is 11.8. The standard InChI is InChI=1S/C13H15ClN2OS2/c1-2-9-3-4-18-11(9)7-15-12(17)5-13-16-10(6-14)8-19-13/h3-4,8H,2,5-7H2,1H3,(H,15,17). The first kappa shape index (κ1) is 14.5. The molecule has 3 nitrogen and oxygen atoms in total. The van der Waals surface area contributed by atoms with Gasteiger partial charge in [-0.15, -0.1) is 34.3 Å². The Morgan fingerprint density at radius 1 is 1.47 bits per heavy atom. The lowest BCUT2D eigenvalue weighted by Crippen LogP contribution is -2.24. The number of hydrogen-bond donors (Lipinski definition) is 1. The van der Waals surface area contributed by atoms with Gasteiger partial charge in [-0.25, -0.2) is 4.98 Å². The van der Waals surface area contributed by atoms with Crippen LogP contribution in [-0.2, 0) is 30.1 Å².